The van der Waals surface area contributed by atoms with E-state index in [1.807, 2.05) is 99.0 Å². The molecule has 0 amide bonds. The lowest BCUT2D eigenvalue weighted by Crippen LogP contribution is -2.11. The van der Waals surface area contributed by atoms with Crippen molar-refractivity contribution >= 4 is 75.5 Å². The second-order valence-electron chi connectivity index (χ2n) is 14.2. The summed E-state index contributed by atoms with van der Waals surface area (Å²) in [4.78, 5) is 13.9. The standard InChI is InChI=1S/C53H39N7/c1-38-16-24-44(25-17-38)59(42-12-8-6-9-13-42)45-28-20-40(21-29-45)23-35-49-52(56-2)50(36-54)48(51(37-55)53(49)57-3)34-22-39-18-26-46(27-19-39)60(43-14-10-7-11-15-43)47-32-30-41(31-33-47)58(4)5/h6-35H,1,4-5H3/b34-22+,35-23+. The zero-order chi connectivity index (χ0) is 42.0. The smallest absolute Gasteiger partial charge is 0.202 e. The van der Waals surface area contributed by atoms with Gasteiger partial charge in [-0.1, -0.05) is 103 Å². The Labute approximate surface area is 352 Å². The monoisotopic (exact) mass is 773 g/mol. The summed E-state index contributed by atoms with van der Waals surface area (Å²) in [5, 5.41) is 20.8. The molecule has 0 bridgehead atoms. The molecular weight excluding hydrogens is 735 g/mol. The Morgan fingerprint density at radius 2 is 0.767 bits per heavy atom. The summed E-state index contributed by atoms with van der Waals surface area (Å²) in [6.07, 6.45) is 6.91. The average Bonchev–Trinajstić information content (AvgIpc) is 3.29. The molecule has 0 fully saturated rings. The highest BCUT2D eigenvalue weighted by Gasteiger charge is 2.22. The Bertz CT molecular complexity index is 2800. The average molecular weight is 774 g/mol. The number of aryl methyl sites for hydroxylation is 1. The first-order chi connectivity index (χ1) is 29.3. The van der Waals surface area contributed by atoms with Crippen molar-refractivity contribution in [2.45, 2.75) is 6.92 Å². The molecule has 0 atom stereocenters. The van der Waals surface area contributed by atoms with Gasteiger partial charge < -0.3 is 14.7 Å². The van der Waals surface area contributed by atoms with Crippen molar-refractivity contribution in [1.82, 2.24) is 0 Å². The molecule has 7 rings (SSSR count). The lowest BCUT2D eigenvalue weighted by atomic mass is 9.92. The topological polar surface area (TPSA) is 66.0 Å². The highest BCUT2D eigenvalue weighted by atomic mass is 15.1. The van der Waals surface area contributed by atoms with Crippen molar-refractivity contribution in [2.24, 2.45) is 0 Å². The highest BCUT2D eigenvalue weighted by molar-refractivity contribution is 5.96. The number of nitrogens with zero attached hydrogens (tertiary/aromatic N) is 7. The molecule has 7 aromatic rings. The van der Waals surface area contributed by atoms with Crippen LogP contribution in [0.15, 0.2) is 158 Å². The van der Waals surface area contributed by atoms with Gasteiger partial charge in [-0.3, -0.25) is 0 Å². The molecule has 0 aromatic heterocycles. The maximum absolute atomic E-state index is 10.4. The van der Waals surface area contributed by atoms with E-state index in [1.54, 1.807) is 24.3 Å². The number of anilines is 7. The Kier molecular flexibility index (Phi) is 11.9. The van der Waals surface area contributed by atoms with Gasteiger partial charge in [0.05, 0.1) is 36.4 Å². The zero-order valence-corrected chi connectivity index (χ0v) is 33.5. The van der Waals surface area contributed by atoms with Gasteiger partial charge in [0.1, 0.15) is 0 Å². The Morgan fingerprint density at radius 1 is 0.433 bits per heavy atom. The molecule has 0 saturated heterocycles. The third kappa shape index (κ3) is 8.39. The van der Waals surface area contributed by atoms with Crippen LogP contribution in [0.1, 0.15) is 38.9 Å². The van der Waals surface area contributed by atoms with Gasteiger partial charge in [0, 0.05) is 53.9 Å². The van der Waals surface area contributed by atoms with Crippen LogP contribution in [0, 0.1) is 42.7 Å². The van der Waals surface area contributed by atoms with Crippen molar-refractivity contribution in [2.75, 3.05) is 28.8 Å². The molecule has 60 heavy (non-hydrogen) atoms. The summed E-state index contributed by atoms with van der Waals surface area (Å²) in [5.74, 6) is 0. The Balaban J connectivity index is 1.19. The minimum absolute atomic E-state index is 0.0266. The van der Waals surface area contributed by atoms with Gasteiger partial charge in [0.2, 0.25) is 11.4 Å². The van der Waals surface area contributed by atoms with Gasteiger partial charge >= 0.3 is 0 Å². The molecule has 0 aliphatic heterocycles. The van der Waals surface area contributed by atoms with Crippen molar-refractivity contribution in [3.8, 4) is 12.1 Å². The Morgan fingerprint density at radius 3 is 1.13 bits per heavy atom. The molecule has 286 valence electrons. The van der Waals surface area contributed by atoms with Gasteiger partial charge in [-0.25, -0.2) is 9.69 Å². The van der Waals surface area contributed by atoms with Crippen LogP contribution in [0.3, 0.4) is 0 Å². The maximum Gasteiger partial charge on any atom is 0.202 e. The van der Waals surface area contributed by atoms with Crippen molar-refractivity contribution < 1.29 is 0 Å². The van der Waals surface area contributed by atoms with E-state index < -0.39 is 0 Å². The number of hydrogen-bond acceptors (Lipinski definition) is 5. The van der Waals surface area contributed by atoms with Crippen molar-refractivity contribution in [3.05, 3.63) is 220 Å². The third-order valence-electron chi connectivity index (χ3n) is 10.1. The van der Waals surface area contributed by atoms with Gasteiger partial charge in [-0.2, -0.15) is 10.5 Å². The maximum atomic E-state index is 10.4. The fourth-order valence-corrected chi connectivity index (χ4v) is 7.02. The van der Waals surface area contributed by atoms with E-state index in [2.05, 4.69) is 116 Å². The summed E-state index contributed by atoms with van der Waals surface area (Å²) < 4.78 is 0. The number of hydrogen-bond donors (Lipinski definition) is 0. The zero-order valence-electron chi connectivity index (χ0n) is 33.5. The van der Waals surface area contributed by atoms with Crippen molar-refractivity contribution in [1.29, 1.82) is 10.5 Å². The molecular formula is C53H39N7. The normalized spacial score (nSPS) is 10.7. The molecule has 7 nitrogen and oxygen atoms in total. The first-order valence-corrected chi connectivity index (χ1v) is 19.2. The van der Waals surface area contributed by atoms with Gasteiger partial charge in [0.25, 0.3) is 0 Å². The lowest BCUT2D eigenvalue weighted by molar-refractivity contribution is 1.13. The van der Waals surface area contributed by atoms with Crippen LogP contribution in [0.5, 0.6) is 0 Å². The lowest BCUT2D eigenvalue weighted by Gasteiger charge is -2.26. The summed E-state index contributed by atoms with van der Waals surface area (Å²) in [7, 11) is 4.03. The van der Waals surface area contributed by atoms with E-state index >= 15 is 0 Å². The number of para-hydroxylation sites is 2. The molecule has 7 heteroatoms. The molecule has 0 heterocycles. The van der Waals surface area contributed by atoms with Gasteiger partial charge in [-0.15, -0.1) is 0 Å². The number of benzene rings is 7. The highest BCUT2D eigenvalue weighted by Crippen LogP contribution is 2.42. The number of nitriles is 2. The molecule has 7 aromatic carbocycles. The molecule has 0 aliphatic rings. The quantitative estimate of drug-likeness (QED) is 0.0967. The molecule has 0 unspecified atom stereocenters. The minimum atomic E-state index is 0.0266. The molecule has 0 aliphatic carbocycles. The first kappa shape index (κ1) is 39.6. The summed E-state index contributed by atoms with van der Waals surface area (Å²) in [6, 6.07) is 57.2. The van der Waals surface area contributed by atoms with E-state index in [0.717, 1.165) is 50.9 Å². The summed E-state index contributed by atoms with van der Waals surface area (Å²) in [5.41, 5.74) is 10.5. The van der Waals surface area contributed by atoms with Crippen LogP contribution in [0.2, 0.25) is 0 Å². The van der Waals surface area contributed by atoms with E-state index in [1.165, 1.54) is 5.56 Å². The largest absolute Gasteiger partial charge is 0.378 e. The summed E-state index contributed by atoms with van der Waals surface area (Å²) in [6.45, 7) is 18.3. The predicted molar refractivity (Wildman–Crippen MR) is 248 cm³/mol. The van der Waals surface area contributed by atoms with E-state index in [4.69, 9.17) is 13.1 Å². The van der Waals surface area contributed by atoms with Gasteiger partial charge in [0.15, 0.2) is 0 Å². The van der Waals surface area contributed by atoms with Crippen LogP contribution >= 0.6 is 0 Å². The number of rotatable bonds is 11. The molecule has 0 spiro atoms. The van der Waals surface area contributed by atoms with Crippen LogP contribution in [-0.2, 0) is 0 Å². The fourth-order valence-electron chi connectivity index (χ4n) is 7.02. The van der Waals surface area contributed by atoms with E-state index in [9.17, 15) is 10.5 Å². The van der Waals surface area contributed by atoms with Gasteiger partial charge in [-0.05, 0) is 114 Å². The molecule has 0 radical (unpaired) electrons. The summed E-state index contributed by atoms with van der Waals surface area (Å²) >= 11 is 0. The predicted octanol–water partition coefficient (Wildman–Crippen LogP) is 14.2. The molecule has 0 saturated carbocycles. The first-order valence-electron chi connectivity index (χ1n) is 19.2. The second kappa shape index (κ2) is 18.1. The van der Waals surface area contributed by atoms with Crippen LogP contribution in [0.25, 0.3) is 34.0 Å². The second-order valence-corrected chi connectivity index (χ2v) is 14.2. The third-order valence-corrected chi connectivity index (χ3v) is 10.1. The SMILES string of the molecule is [C-]#[N+]c1c(C#N)c(/C=C/c2ccc(N(c3ccccc3)c3ccc(N(C)C)cc3)cc2)c(C#N)c([N+]#[C-])c1/C=C/c1ccc(N(c2ccccc2)c2ccc(C)cc2)cc1. The van der Waals surface area contributed by atoms with E-state index in [0.29, 0.717) is 0 Å². The fraction of sp³-hybridized carbons (Fsp3) is 0.0566. The van der Waals surface area contributed by atoms with Crippen molar-refractivity contribution in [3.63, 3.8) is 0 Å². The van der Waals surface area contributed by atoms with E-state index in [-0.39, 0.29) is 33.6 Å². The molecule has 0 N–H and O–H groups in total. The van der Waals surface area contributed by atoms with Crippen LogP contribution in [-0.4, -0.2) is 14.1 Å². The van der Waals surface area contributed by atoms with Crippen LogP contribution < -0.4 is 14.7 Å². The van der Waals surface area contributed by atoms with Crippen LogP contribution in [0.4, 0.5) is 51.2 Å². The Hall–Kier alpha value is -8.62. The minimum Gasteiger partial charge on any atom is -0.378 e.